The average molecular weight is 264 g/mol. The van der Waals surface area contributed by atoms with Gasteiger partial charge >= 0.3 is 0 Å². The molecule has 3 rings (SSSR count). The van der Waals surface area contributed by atoms with Crippen LogP contribution in [0.5, 0.6) is 0 Å². The Morgan fingerprint density at radius 1 is 1.00 bits per heavy atom. The van der Waals surface area contributed by atoms with Gasteiger partial charge in [0.1, 0.15) is 0 Å². The Bertz CT molecular complexity index is 465. The van der Waals surface area contributed by atoms with Crippen molar-refractivity contribution >= 4 is 9.84 Å². The molecule has 2 unspecified atom stereocenters. The van der Waals surface area contributed by atoms with Crippen LogP contribution in [-0.2, 0) is 9.84 Å². The van der Waals surface area contributed by atoms with Crippen molar-refractivity contribution in [2.45, 2.75) is 29.8 Å². The molecule has 1 saturated carbocycles. The molecule has 0 amide bonds. The topological polar surface area (TPSA) is 34.1 Å². The summed E-state index contributed by atoms with van der Waals surface area (Å²) in [4.78, 5) is 0. The summed E-state index contributed by atoms with van der Waals surface area (Å²) in [6, 6.07) is 0. The van der Waals surface area contributed by atoms with Gasteiger partial charge in [-0.2, -0.15) is 0 Å². The first kappa shape index (κ1) is 12.2. The predicted octanol–water partition coefficient (Wildman–Crippen LogP) is 2.74. The normalized spacial score (nSPS) is 47.1. The zero-order chi connectivity index (χ0) is 12.9. The molecule has 1 aliphatic heterocycles. The highest BCUT2D eigenvalue weighted by Gasteiger charge is 2.61. The molecule has 2 aliphatic carbocycles. The number of hydrogen-bond donors (Lipinski definition) is 0. The lowest BCUT2D eigenvalue weighted by Gasteiger charge is -2.24. The van der Waals surface area contributed by atoms with Crippen molar-refractivity contribution in [1.29, 1.82) is 0 Å². The number of hydrogen-bond acceptors (Lipinski definition) is 2. The Balaban J connectivity index is 2.04. The van der Waals surface area contributed by atoms with Gasteiger partial charge in [-0.25, -0.2) is 8.42 Å². The maximum Gasteiger partial charge on any atom is 0.157 e. The fourth-order valence-corrected chi connectivity index (χ4v) is 7.42. The molecule has 0 aromatic carbocycles. The van der Waals surface area contributed by atoms with Crippen LogP contribution >= 0.6 is 0 Å². The highest BCUT2D eigenvalue weighted by molar-refractivity contribution is 7.93. The van der Waals surface area contributed by atoms with Crippen LogP contribution in [0, 0.1) is 23.7 Å². The van der Waals surface area contributed by atoms with Crippen molar-refractivity contribution in [1.82, 2.24) is 0 Å². The standard InChI is InChI=1S/C15H20O2S/c1-3-5-12-14-10-7-8-11(9-10)15(14)13(6-4-2)18(12,16)17/h3-4,7-8,10-15H,1-2,5-6,9H2/t10?,11?,12-,13+,14-,15+. The van der Waals surface area contributed by atoms with Crippen LogP contribution in [-0.4, -0.2) is 18.9 Å². The molecular formula is C15H20O2S. The van der Waals surface area contributed by atoms with Gasteiger partial charge < -0.3 is 0 Å². The van der Waals surface area contributed by atoms with Gasteiger partial charge in [0, 0.05) is 0 Å². The Kier molecular flexibility index (Phi) is 2.77. The van der Waals surface area contributed by atoms with E-state index in [1.165, 1.54) is 0 Å². The average Bonchev–Trinajstić information content (AvgIpc) is 2.97. The minimum atomic E-state index is -3.02. The molecule has 2 fully saturated rings. The van der Waals surface area contributed by atoms with Gasteiger partial charge in [0.25, 0.3) is 0 Å². The molecule has 2 nitrogen and oxygen atoms in total. The van der Waals surface area contributed by atoms with Gasteiger partial charge in [-0.15, -0.1) is 13.2 Å². The molecule has 6 atom stereocenters. The van der Waals surface area contributed by atoms with E-state index in [1.807, 2.05) is 0 Å². The number of allylic oxidation sites excluding steroid dienone is 4. The fraction of sp³-hybridized carbons (Fsp3) is 0.600. The molecule has 1 saturated heterocycles. The Morgan fingerprint density at radius 3 is 1.83 bits per heavy atom. The monoisotopic (exact) mass is 264 g/mol. The highest BCUT2D eigenvalue weighted by atomic mass is 32.2. The van der Waals surface area contributed by atoms with E-state index in [0.717, 1.165) is 6.42 Å². The maximum absolute atomic E-state index is 12.7. The molecule has 0 N–H and O–H groups in total. The molecule has 3 aliphatic rings. The second-order valence-electron chi connectivity index (χ2n) is 5.82. The molecule has 0 aromatic rings. The summed E-state index contributed by atoms with van der Waals surface area (Å²) in [7, 11) is -3.02. The lowest BCUT2D eigenvalue weighted by molar-refractivity contribution is 0.318. The minimum absolute atomic E-state index is 0.204. The zero-order valence-corrected chi connectivity index (χ0v) is 11.4. The minimum Gasteiger partial charge on any atom is -0.228 e. The molecule has 18 heavy (non-hydrogen) atoms. The van der Waals surface area contributed by atoms with E-state index in [0.29, 0.717) is 36.5 Å². The lowest BCUT2D eigenvalue weighted by Crippen LogP contribution is -2.27. The smallest absolute Gasteiger partial charge is 0.157 e. The van der Waals surface area contributed by atoms with Crippen LogP contribution in [0.25, 0.3) is 0 Å². The largest absolute Gasteiger partial charge is 0.228 e. The SMILES string of the molecule is C=CC[C@@H]1[C@H]2C3C=CC(C3)[C@H]2[C@H](CC=C)S1(=O)=O. The second kappa shape index (κ2) is 4.09. The fourth-order valence-electron chi connectivity index (χ4n) is 4.52. The third-order valence-corrected chi connectivity index (χ3v) is 7.78. The third-order valence-electron chi connectivity index (χ3n) is 5.08. The Morgan fingerprint density at radius 2 is 1.44 bits per heavy atom. The van der Waals surface area contributed by atoms with E-state index < -0.39 is 9.84 Å². The molecule has 1 heterocycles. The van der Waals surface area contributed by atoms with Gasteiger partial charge in [-0.1, -0.05) is 24.3 Å². The molecule has 0 aromatic heterocycles. The zero-order valence-electron chi connectivity index (χ0n) is 10.5. The Labute approximate surface area is 109 Å². The predicted molar refractivity (Wildman–Crippen MR) is 73.8 cm³/mol. The summed E-state index contributed by atoms with van der Waals surface area (Å²) in [5, 5.41) is -0.408. The second-order valence-corrected chi connectivity index (χ2v) is 8.21. The molecule has 2 bridgehead atoms. The molecule has 0 spiro atoms. The van der Waals surface area contributed by atoms with Crippen LogP contribution in [0.4, 0.5) is 0 Å². The summed E-state index contributed by atoms with van der Waals surface area (Å²) in [6.07, 6.45) is 10.4. The molecule has 0 radical (unpaired) electrons. The first-order valence-corrected chi connectivity index (χ1v) is 8.35. The van der Waals surface area contributed by atoms with Gasteiger partial charge in [0.15, 0.2) is 9.84 Å². The van der Waals surface area contributed by atoms with Crippen molar-refractivity contribution < 1.29 is 8.42 Å². The van der Waals surface area contributed by atoms with Gasteiger partial charge in [0.2, 0.25) is 0 Å². The maximum atomic E-state index is 12.7. The summed E-state index contributed by atoms with van der Waals surface area (Å²) >= 11 is 0. The number of fused-ring (bicyclic) bond motifs is 5. The van der Waals surface area contributed by atoms with E-state index in [9.17, 15) is 8.42 Å². The third kappa shape index (κ3) is 1.43. The molecule has 98 valence electrons. The first-order valence-electron chi connectivity index (χ1n) is 6.74. The van der Waals surface area contributed by atoms with Crippen LogP contribution in [0.3, 0.4) is 0 Å². The summed E-state index contributed by atoms with van der Waals surface area (Å²) in [5.74, 6) is 1.62. The molecular weight excluding hydrogens is 244 g/mol. The van der Waals surface area contributed by atoms with E-state index in [-0.39, 0.29) is 10.5 Å². The van der Waals surface area contributed by atoms with Gasteiger partial charge in [-0.3, -0.25) is 0 Å². The van der Waals surface area contributed by atoms with Crippen LogP contribution in [0.15, 0.2) is 37.5 Å². The van der Waals surface area contributed by atoms with Gasteiger partial charge in [0.05, 0.1) is 10.5 Å². The van der Waals surface area contributed by atoms with Crippen molar-refractivity contribution in [3.8, 4) is 0 Å². The Hall–Kier alpha value is -0.830. The van der Waals surface area contributed by atoms with Crippen molar-refractivity contribution in [3.05, 3.63) is 37.5 Å². The summed E-state index contributed by atoms with van der Waals surface area (Å²) in [6.45, 7) is 7.47. The van der Waals surface area contributed by atoms with Crippen molar-refractivity contribution in [2.24, 2.45) is 23.7 Å². The van der Waals surface area contributed by atoms with Crippen LogP contribution in [0.1, 0.15) is 19.3 Å². The summed E-state index contributed by atoms with van der Waals surface area (Å²) in [5.41, 5.74) is 0. The quantitative estimate of drug-likeness (QED) is 0.732. The number of rotatable bonds is 4. The van der Waals surface area contributed by atoms with Gasteiger partial charge in [-0.05, 0) is 42.9 Å². The first-order chi connectivity index (χ1) is 8.61. The van der Waals surface area contributed by atoms with E-state index in [2.05, 4.69) is 25.3 Å². The molecule has 3 heteroatoms. The van der Waals surface area contributed by atoms with E-state index in [4.69, 9.17) is 0 Å². The number of sulfone groups is 1. The van der Waals surface area contributed by atoms with Crippen LogP contribution in [0.2, 0.25) is 0 Å². The van der Waals surface area contributed by atoms with E-state index >= 15 is 0 Å². The van der Waals surface area contributed by atoms with Crippen LogP contribution < -0.4 is 0 Å². The van der Waals surface area contributed by atoms with Crippen molar-refractivity contribution in [3.63, 3.8) is 0 Å². The lowest BCUT2D eigenvalue weighted by atomic mass is 9.78. The van der Waals surface area contributed by atoms with Crippen molar-refractivity contribution in [2.75, 3.05) is 0 Å². The summed E-state index contributed by atoms with van der Waals surface area (Å²) < 4.78 is 25.4. The van der Waals surface area contributed by atoms with E-state index in [1.54, 1.807) is 12.2 Å². The highest BCUT2D eigenvalue weighted by Crippen LogP contribution is 2.59.